The van der Waals surface area contributed by atoms with Gasteiger partial charge in [0.2, 0.25) is 0 Å². The minimum Gasteiger partial charge on any atom is -0.346 e. The van der Waals surface area contributed by atoms with Gasteiger partial charge >= 0.3 is 0 Å². The van der Waals surface area contributed by atoms with E-state index in [0.717, 1.165) is 47.5 Å². The van der Waals surface area contributed by atoms with Crippen LogP contribution >= 0.6 is 22.9 Å². The van der Waals surface area contributed by atoms with Gasteiger partial charge in [0.25, 0.3) is 5.91 Å². The number of nitrogens with one attached hydrogen (secondary N) is 1. The van der Waals surface area contributed by atoms with E-state index in [4.69, 9.17) is 11.6 Å². The molecule has 2 bridgehead atoms. The van der Waals surface area contributed by atoms with Crippen molar-refractivity contribution in [3.63, 3.8) is 0 Å². The molecule has 0 spiro atoms. The molecule has 3 aromatic rings. The maximum atomic E-state index is 13.2. The molecule has 1 N–H and O–H groups in total. The van der Waals surface area contributed by atoms with E-state index in [9.17, 15) is 4.79 Å². The van der Waals surface area contributed by atoms with Crippen LogP contribution in [0.5, 0.6) is 0 Å². The molecular weight excluding hydrogens is 412 g/mol. The number of carbonyl (C=O) groups is 1. The highest BCUT2D eigenvalue weighted by molar-refractivity contribution is 7.20. The Hall–Kier alpha value is -2.04. The monoisotopic (exact) mass is 438 g/mol. The van der Waals surface area contributed by atoms with Gasteiger partial charge in [0, 0.05) is 33.8 Å². The van der Waals surface area contributed by atoms with E-state index < -0.39 is 0 Å². The van der Waals surface area contributed by atoms with Crippen LogP contribution in [0.3, 0.4) is 0 Å². The van der Waals surface area contributed by atoms with Crippen molar-refractivity contribution in [3.8, 4) is 11.3 Å². The molecule has 4 heterocycles. The maximum Gasteiger partial charge on any atom is 0.255 e. The third-order valence-electron chi connectivity index (χ3n) is 6.70. The van der Waals surface area contributed by atoms with E-state index in [2.05, 4.69) is 54.6 Å². The zero-order valence-corrected chi connectivity index (χ0v) is 19.1. The molecule has 2 aliphatic rings. The van der Waals surface area contributed by atoms with Gasteiger partial charge in [0.1, 0.15) is 4.83 Å². The highest BCUT2D eigenvalue weighted by Crippen LogP contribution is 2.42. The summed E-state index contributed by atoms with van der Waals surface area (Å²) in [6, 6.07) is 9.61. The number of nitrogens with zero attached hydrogens (tertiary/aromatic N) is 1. The molecule has 0 saturated carbocycles. The fraction of sp³-hybridized carbons (Fsp3) is 0.400. The highest BCUT2D eigenvalue weighted by Gasteiger charge is 2.42. The molecule has 1 aromatic carbocycles. The predicted octanol–water partition coefficient (Wildman–Crippen LogP) is 6.46. The van der Waals surface area contributed by atoms with Crippen LogP contribution in [0.25, 0.3) is 27.0 Å². The van der Waals surface area contributed by atoms with Crippen molar-refractivity contribution < 1.29 is 4.79 Å². The number of aromatic nitrogens is 1. The van der Waals surface area contributed by atoms with Crippen molar-refractivity contribution in [1.82, 2.24) is 9.88 Å². The first-order valence-corrected chi connectivity index (χ1v) is 12.1. The molecule has 30 heavy (non-hydrogen) atoms. The molecule has 2 fully saturated rings. The van der Waals surface area contributed by atoms with Crippen molar-refractivity contribution in [2.45, 2.75) is 58.0 Å². The summed E-state index contributed by atoms with van der Waals surface area (Å²) >= 11 is 7.81. The number of fused-ring (bicyclic) bond motifs is 3. The fourth-order valence-corrected chi connectivity index (χ4v) is 6.65. The Morgan fingerprint density at radius 1 is 1.13 bits per heavy atom. The number of alkyl halides is 1. The number of amides is 1. The molecule has 0 unspecified atom stereocenters. The molecular formula is C25H27ClN2OS. The molecule has 3 nitrogen and oxygen atoms in total. The lowest BCUT2D eigenvalue weighted by Gasteiger charge is -2.22. The number of aromatic amines is 1. The Kier molecular flexibility index (Phi) is 5.03. The van der Waals surface area contributed by atoms with Gasteiger partial charge in [-0.25, -0.2) is 0 Å². The lowest BCUT2D eigenvalue weighted by molar-refractivity contribution is -0.126. The summed E-state index contributed by atoms with van der Waals surface area (Å²) in [5.41, 5.74) is 6.70. The highest BCUT2D eigenvalue weighted by atomic mass is 35.5. The first-order chi connectivity index (χ1) is 14.5. The van der Waals surface area contributed by atoms with Crippen LogP contribution in [0.4, 0.5) is 0 Å². The van der Waals surface area contributed by atoms with Crippen LogP contribution in [0.1, 0.15) is 47.3 Å². The fourth-order valence-electron chi connectivity index (χ4n) is 5.41. The van der Waals surface area contributed by atoms with E-state index in [0.29, 0.717) is 23.5 Å². The molecule has 0 radical (unpaired) electrons. The lowest BCUT2D eigenvalue weighted by atomic mass is 10.0. The summed E-state index contributed by atoms with van der Waals surface area (Å²) in [6.45, 7) is 8.45. The van der Waals surface area contributed by atoms with Gasteiger partial charge in [-0.15, -0.1) is 22.9 Å². The number of thiophene rings is 1. The number of aryl methyl sites for hydroxylation is 3. The summed E-state index contributed by atoms with van der Waals surface area (Å²) in [5.74, 6) is 0.685. The third kappa shape index (κ3) is 3.21. The van der Waals surface area contributed by atoms with Crippen LogP contribution < -0.4 is 0 Å². The standard InChI is InChI=1S/C25H27ClN2OS/c1-14-10-15(2)12-17(11-14)23-20(8-9-26)21-13-22(30-24(21)27-23)16(3)25(29)28-18-4-5-19(28)7-6-18/h10-13,18-19,27H,3-9H2,1-2H3. The Labute approximate surface area is 186 Å². The summed E-state index contributed by atoms with van der Waals surface area (Å²) < 4.78 is 0. The summed E-state index contributed by atoms with van der Waals surface area (Å²) in [5, 5.41) is 1.17. The molecule has 0 atom stereocenters. The second-order valence-electron chi connectivity index (χ2n) is 8.80. The van der Waals surface area contributed by atoms with Crippen molar-refractivity contribution in [3.05, 3.63) is 52.4 Å². The third-order valence-corrected chi connectivity index (χ3v) is 7.99. The first kappa shape index (κ1) is 19.9. The van der Waals surface area contributed by atoms with E-state index in [-0.39, 0.29) is 5.91 Å². The van der Waals surface area contributed by atoms with E-state index >= 15 is 0 Å². The summed E-state index contributed by atoms with van der Waals surface area (Å²) in [6.07, 6.45) is 5.38. The van der Waals surface area contributed by atoms with E-state index in [1.165, 1.54) is 27.6 Å². The van der Waals surface area contributed by atoms with Gasteiger partial charge in [0.15, 0.2) is 0 Å². The molecule has 0 aliphatic carbocycles. The minimum atomic E-state index is 0.123. The largest absolute Gasteiger partial charge is 0.346 e. The van der Waals surface area contributed by atoms with E-state index in [1.54, 1.807) is 11.3 Å². The number of carbonyl (C=O) groups excluding carboxylic acids is 1. The number of rotatable bonds is 5. The van der Waals surface area contributed by atoms with Crippen molar-refractivity contribution in [2.75, 3.05) is 5.88 Å². The zero-order valence-electron chi connectivity index (χ0n) is 17.6. The number of hydrogen-bond acceptors (Lipinski definition) is 2. The predicted molar refractivity (Wildman–Crippen MR) is 127 cm³/mol. The van der Waals surface area contributed by atoms with E-state index in [1.807, 2.05) is 0 Å². The molecule has 2 aromatic heterocycles. The topological polar surface area (TPSA) is 36.1 Å². The van der Waals surface area contributed by atoms with Crippen LogP contribution in [0.15, 0.2) is 30.8 Å². The zero-order chi connectivity index (χ0) is 21.0. The Balaban J connectivity index is 1.52. The number of H-pyrrole nitrogens is 1. The Morgan fingerprint density at radius 3 is 2.37 bits per heavy atom. The van der Waals surface area contributed by atoms with Crippen LogP contribution in [0.2, 0.25) is 0 Å². The second-order valence-corrected chi connectivity index (χ2v) is 10.2. The summed E-state index contributed by atoms with van der Waals surface area (Å²) in [4.78, 5) is 21.0. The van der Waals surface area contributed by atoms with Crippen molar-refractivity contribution in [2.24, 2.45) is 0 Å². The molecule has 156 valence electrons. The van der Waals surface area contributed by atoms with Crippen molar-refractivity contribution in [1.29, 1.82) is 0 Å². The second kappa shape index (κ2) is 7.58. The van der Waals surface area contributed by atoms with Crippen LogP contribution in [-0.4, -0.2) is 33.8 Å². The number of benzene rings is 1. The molecule has 2 aliphatic heterocycles. The first-order valence-electron chi connectivity index (χ1n) is 10.8. The van der Waals surface area contributed by atoms with Gasteiger partial charge in [-0.2, -0.15) is 0 Å². The number of hydrogen-bond donors (Lipinski definition) is 1. The Morgan fingerprint density at radius 2 is 1.77 bits per heavy atom. The van der Waals surface area contributed by atoms with Crippen molar-refractivity contribution >= 4 is 44.6 Å². The molecule has 5 rings (SSSR count). The quantitative estimate of drug-likeness (QED) is 0.360. The van der Waals surface area contributed by atoms with Crippen LogP contribution in [0, 0.1) is 13.8 Å². The van der Waals surface area contributed by atoms with Gasteiger partial charge in [-0.3, -0.25) is 4.79 Å². The SMILES string of the molecule is C=C(C(=O)N1C2CCC1CC2)c1cc2c(CCCl)c(-c3cc(C)cc(C)c3)[nH]c2s1. The lowest BCUT2D eigenvalue weighted by Crippen LogP contribution is -2.35. The number of halogens is 1. The molecule has 1 amide bonds. The average Bonchev–Trinajstić information content (AvgIpc) is 3.47. The smallest absolute Gasteiger partial charge is 0.255 e. The minimum absolute atomic E-state index is 0.123. The van der Waals surface area contributed by atoms with Gasteiger partial charge in [-0.1, -0.05) is 23.8 Å². The van der Waals surface area contributed by atoms with Gasteiger partial charge in [-0.05, 0) is 75.3 Å². The maximum absolute atomic E-state index is 13.2. The Bertz CT molecular complexity index is 1120. The van der Waals surface area contributed by atoms with Crippen LogP contribution in [-0.2, 0) is 11.2 Å². The van der Waals surface area contributed by atoms with Gasteiger partial charge in [0.05, 0.1) is 5.69 Å². The summed E-state index contributed by atoms with van der Waals surface area (Å²) in [7, 11) is 0. The molecule has 5 heteroatoms. The molecule has 2 saturated heterocycles. The average molecular weight is 439 g/mol. The normalized spacial score (nSPS) is 20.4. The van der Waals surface area contributed by atoms with Gasteiger partial charge < -0.3 is 9.88 Å².